The minimum absolute atomic E-state index is 0.197. The van der Waals surface area contributed by atoms with Crippen LogP contribution >= 0.6 is 0 Å². The third kappa shape index (κ3) is 3.38. The quantitative estimate of drug-likeness (QED) is 0.805. The van der Waals surface area contributed by atoms with Gasteiger partial charge < -0.3 is 5.73 Å². The highest BCUT2D eigenvalue weighted by Gasteiger charge is 2.19. The van der Waals surface area contributed by atoms with Crippen LogP contribution in [0.4, 0.5) is 0 Å². The zero-order chi connectivity index (χ0) is 12.3. The Balaban J connectivity index is 1.97. The minimum atomic E-state index is 0.197. The van der Waals surface area contributed by atoms with Gasteiger partial charge in [0.05, 0.1) is 6.54 Å². The first-order valence-corrected chi connectivity index (χ1v) is 6.23. The molecular formula is C14H20N2O. The molecule has 17 heavy (non-hydrogen) atoms. The number of carbonyl (C=O) groups is 1. The highest BCUT2D eigenvalue weighted by Crippen LogP contribution is 2.10. The molecular weight excluding hydrogens is 212 g/mol. The Morgan fingerprint density at radius 2 is 2.35 bits per heavy atom. The Bertz CT molecular complexity index is 403. The van der Waals surface area contributed by atoms with Crippen LogP contribution in [0.25, 0.3) is 0 Å². The number of nitrogens with two attached hydrogens (primary N) is 1. The maximum Gasteiger partial charge on any atom is 0.176 e. The van der Waals surface area contributed by atoms with Gasteiger partial charge >= 0.3 is 0 Å². The Morgan fingerprint density at radius 3 is 3.06 bits per heavy atom. The van der Waals surface area contributed by atoms with E-state index < -0.39 is 0 Å². The van der Waals surface area contributed by atoms with Crippen LogP contribution in [0.5, 0.6) is 0 Å². The molecule has 0 aromatic heterocycles. The van der Waals surface area contributed by atoms with E-state index in [-0.39, 0.29) is 11.8 Å². The predicted molar refractivity (Wildman–Crippen MR) is 69.2 cm³/mol. The first-order valence-electron chi connectivity index (χ1n) is 6.23. The number of hydrogen-bond donors (Lipinski definition) is 1. The molecule has 1 aliphatic rings. The summed E-state index contributed by atoms with van der Waals surface area (Å²) in [7, 11) is 0. The van der Waals surface area contributed by atoms with Gasteiger partial charge in [-0.3, -0.25) is 9.69 Å². The zero-order valence-electron chi connectivity index (χ0n) is 10.4. The second kappa shape index (κ2) is 5.43. The molecule has 1 fully saturated rings. The molecule has 2 N–H and O–H groups in total. The largest absolute Gasteiger partial charge is 0.327 e. The molecule has 1 unspecified atom stereocenters. The van der Waals surface area contributed by atoms with E-state index in [9.17, 15) is 4.79 Å². The van der Waals surface area contributed by atoms with Gasteiger partial charge in [0.1, 0.15) is 0 Å². The first kappa shape index (κ1) is 12.3. The van der Waals surface area contributed by atoms with Crippen LogP contribution < -0.4 is 5.73 Å². The molecule has 1 saturated heterocycles. The SMILES string of the molecule is Cc1cccc(C(=O)CN2CCCC(N)C2)c1. The van der Waals surface area contributed by atoms with Gasteiger partial charge in [0, 0.05) is 18.2 Å². The van der Waals surface area contributed by atoms with E-state index in [0.29, 0.717) is 6.54 Å². The number of nitrogens with zero attached hydrogens (tertiary/aromatic N) is 1. The van der Waals surface area contributed by atoms with Gasteiger partial charge in [-0.2, -0.15) is 0 Å². The molecule has 1 aromatic carbocycles. The fourth-order valence-electron chi connectivity index (χ4n) is 2.35. The van der Waals surface area contributed by atoms with Crippen LogP contribution in [0.2, 0.25) is 0 Å². The number of likely N-dealkylation sites (tertiary alicyclic amines) is 1. The Morgan fingerprint density at radius 1 is 1.53 bits per heavy atom. The average molecular weight is 232 g/mol. The summed E-state index contributed by atoms with van der Waals surface area (Å²) in [5, 5.41) is 0. The minimum Gasteiger partial charge on any atom is -0.327 e. The van der Waals surface area contributed by atoms with Gasteiger partial charge in [-0.05, 0) is 32.4 Å². The molecule has 0 aliphatic carbocycles. The van der Waals surface area contributed by atoms with Crippen molar-refractivity contribution in [2.24, 2.45) is 5.73 Å². The number of benzene rings is 1. The number of rotatable bonds is 3. The fourth-order valence-corrected chi connectivity index (χ4v) is 2.35. The van der Waals surface area contributed by atoms with Crippen LogP contribution in [-0.2, 0) is 0 Å². The van der Waals surface area contributed by atoms with Crippen LogP contribution in [0, 0.1) is 6.92 Å². The van der Waals surface area contributed by atoms with Crippen molar-refractivity contribution < 1.29 is 4.79 Å². The van der Waals surface area contributed by atoms with Gasteiger partial charge in [0.25, 0.3) is 0 Å². The molecule has 3 nitrogen and oxygen atoms in total. The van der Waals surface area contributed by atoms with Crippen molar-refractivity contribution in [2.75, 3.05) is 19.6 Å². The number of hydrogen-bond acceptors (Lipinski definition) is 3. The lowest BCUT2D eigenvalue weighted by Crippen LogP contribution is -2.44. The van der Waals surface area contributed by atoms with E-state index in [1.54, 1.807) is 0 Å². The molecule has 92 valence electrons. The third-order valence-electron chi connectivity index (χ3n) is 3.25. The van der Waals surface area contributed by atoms with Gasteiger partial charge in [0.2, 0.25) is 0 Å². The van der Waals surface area contributed by atoms with Crippen molar-refractivity contribution in [3.63, 3.8) is 0 Å². The number of carbonyl (C=O) groups excluding carboxylic acids is 1. The normalized spacial score (nSPS) is 21.4. The molecule has 0 radical (unpaired) electrons. The van der Waals surface area contributed by atoms with E-state index in [1.165, 1.54) is 0 Å². The monoisotopic (exact) mass is 232 g/mol. The van der Waals surface area contributed by atoms with Crippen LogP contribution in [0.3, 0.4) is 0 Å². The number of ketones is 1. The van der Waals surface area contributed by atoms with E-state index in [0.717, 1.165) is 37.1 Å². The van der Waals surface area contributed by atoms with Crippen molar-refractivity contribution in [1.29, 1.82) is 0 Å². The lowest BCUT2D eigenvalue weighted by Gasteiger charge is -2.29. The lowest BCUT2D eigenvalue weighted by molar-refractivity contribution is 0.0908. The summed E-state index contributed by atoms with van der Waals surface area (Å²) < 4.78 is 0. The Hall–Kier alpha value is -1.19. The summed E-state index contributed by atoms with van der Waals surface area (Å²) >= 11 is 0. The predicted octanol–water partition coefficient (Wildman–Crippen LogP) is 1.60. The molecule has 1 heterocycles. The first-order chi connectivity index (χ1) is 8.15. The van der Waals surface area contributed by atoms with Gasteiger partial charge in [-0.15, -0.1) is 0 Å². The third-order valence-corrected chi connectivity index (χ3v) is 3.25. The number of aryl methyl sites for hydroxylation is 1. The highest BCUT2D eigenvalue weighted by molar-refractivity contribution is 5.97. The summed E-state index contributed by atoms with van der Waals surface area (Å²) in [6, 6.07) is 8.01. The Labute approximate surface area is 103 Å². The standard InChI is InChI=1S/C14H20N2O/c1-11-4-2-5-12(8-11)14(17)10-16-7-3-6-13(15)9-16/h2,4-5,8,13H,3,6-7,9-10,15H2,1H3. The molecule has 0 bridgehead atoms. The van der Waals surface area contributed by atoms with E-state index in [1.807, 2.05) is 31.2 Å². The molecule has 2 rings (SSSR count). The second-order valence-electron chi connectivity index (χ2n) is 4.93. The molecule has 1 atom stereocenters. The van der Waals surface area contributed by atoms with E-state index >= 15 is 0 Å². The van der Waals surface area contributed by atoms with Crippen LogP contribution in [-0.4, -0.2) is 36.4 Å². The fraction of sp³-hybridized carbons (Fsp3) is 0.500. The van der Waals surface area contributed by atoms with Crippen molar-refractivity contribution in [1.82, 2.24) is 4.90 Å². The molecule has 0 spiro atoms. The van der Waals surface area contributed by atoms with E-state index in [4.69, 9.17) is 5.73 Å². The average Bonchev–Trinajstić information content (AvgIpc) is 2.29. The molecule has 1 aliphatic heterocycles. The summed E-state index contributed by atoms with van der Waals surface area (Å²) in [5.74, 6) is 0.197. The number of piperidine rings is 1. The van der Waals surface area contributed by atoms with Crippen molar-refractivity contribution >= 4 is 5.78 Å². The van der Waals surface area contributed by atoms with E-state index in [2.05, 4.69) is 4.90 Å². The topological polar surface area (TPSA) is 46.3 Å². The summed E-state index contributed by atoms with van der Waals surface area (Å²) in [4.78, 5) is 14.3. The summed E-state index contributed by atoms with van der Waals surface area (Å²) in [6.45, 7) is 4.34. The molecule has 0 amide bonds. The number of Topliss-reactive ketones (excluding diaryl/α,β-unsaturated/α-hetero) is 1. The zero-order valence-corrected chi connectivity index (χ0v) is 10.4. The molecule has 1 aromatic rings. The van der Waals surface area contributed by atoms with Crippen molar-refractivity contribution in [3.8, 4) is 0 Å². The van der Waals surface area contributed by atoms with Crippen LogP contribution in [0.1, 0.15) is 28.8 Å². The maximum absolute atomic E-state index is 12.1. The second-order valence-corrected chi connectivity index (χ2v) is 4.93. The Kier molecular flexibility index (Phi) is 3.92. The van der Waals surface area contributed by atoms with Crippen molar-refractivity contribution in [3.05, 3.63) is 35.4 Å². The van der Waals surface area contributed by atoms with Gasteiger partial charge in [0.15, 0.2) is 5.78 Å². The summed E-state index contributed by atoms with van der Waals surface area (Å²) in [6.07, 6.45) is 2.18. The van der Waals surface area contributed by atoms with Gasteiger partial charge in [-0.1, -0.05) is 23.8 Å². The smallest absolute Gasteiger partial charge is 0.176 e. The summed E-state index contributed by atoms with van der Waals surface area (Å²) in [5.41, 5.74) is 7.85. The maximum atomic E-state index is 12.1. The highest BCUT2D eigenvalue weighted by atomic mass is 16.1. The molecule has 3 heteroatoms. The van der Waals surface area contributed by atoms with Crippen LogP contribution in [0.15, 0.2) is 24.3 Å². The lowest BCUT2D eigenvalue weighted by atomic mass is 10.0. The molecule has 0 saturated carbocycles. The van der Waals surface area contributed by atoms with Gasteiger partial charge in [-0.25, -0.2) is 0 Å². The van der Waals surface area contributed by atoms with Crippen molar-refractivity contribution in [2.45, 2.75) is 25.8 Å².